The van der Waals surface area contributed by atoms with E-state index in [2.05, 4.69) is 23.4 Å². The minimum absolute atomic E-state index is 0.315. The summed E-state index contributed by atoms with van der Waals surface area (Å²) in [6.07, 6.45) is 3.76. The Morgan fingerprint density at radius 1 is 1.37 bits per heavy atom. The molecular formula is C14H17N3O2. The second-order valence-electron chi connectivity index (χ2n) is 4.66. The number of fused-ring (bicyclic) bond motifs is 1. The summed E-state index contributed by atoms with van der Waals surface area (Å²) in [5, 5.41) is 7.67. The molecule has 1 aromatic heterocycles. The molecule has 0 aliphatic carbocycles. The molecule has 19 heavy (non-hydrogen) atoms. The van der Waals surface area contributed by atoms with Gasteiger partial charge in [-0.25, -0.2) is 0 Å². The second kappa shape index (κ2) is 5.32. The zero-order valence-electron chi connectivity index (χ0n) is 10.9. The van der Waals surface area contributed by atoms with Crippen molar-refractivity contribution in [2.45, 2.75) is 26.1 Å². The fraction of sp³-hybridized carbons (Fsp3) is 0.357. The van der Waals surface area contributed by atoms with E-state index in [0.29, 0.717) is 12.8 Å². The third-order valence-electron chi connectivity index (χ3n) is 3.14. The molecule has 100 valence electrons. The zero-order chi connectivity index (χ0) is 13.1. The van der Waals surface area contributed by atoms with Crippen LogP contribution < -0.4 is 14.8 Å². The van der Waals surface area contributed by atoms with Gasteiger partial charge in [0.2, 0.25) is 6.79 Å². The highest BCUT2D eigenvalue weighted by molar-refractivity contribution is 5.48. The molecule has 0 saturated heterocycles. The van der Waals surface area contributed by atoms with Gasteiger partial charge in [0.05, 0.1) is 6.54 Å². The van der Waals surface area contributed by atoms with E-state index in [1.165, 1.54) is 0 Å². The molecule has 1 unspecified atom stereocenters. The maximum atomic E-state index is 5.49. The predicted octanol–water partition coefficient (Wildman–Crippen LogP) is 1.79. The van der Waals surface area contributed by atoms with Crippen LogP contribution in [0.4, 0.5) is 0 Å². The lowest BCUT2D eigenvalue weighted by Crippen LogP contribution is -2.30. The first-order valence-corrected chi connectivity index (χ1v) is 6.41. The van der Waals surface area contributed by atoms with E-state index in [1.807, 2.05) is 29.1 Å². The summed E-state index contributed by atoms with van der Waals surface area (Å²) in [6, 6.07) is 8.24. The maximum Gasteiger partial charge on any atom is 0.231 e. The van der Waals surface area contributed by atoms with Crippen LogP contribution in [0, 0.1) is 0 Å². The van der Waals surface area contributed by atoms with Crippen molar-refractivity contribution in [1.82, 2.24) is 15.1 Å². The van der Waals surface area contributed by atoms with Gasteiger partial charge in [-0.2, -0.15) is 5.10 Å². The van der Waals surface area contributed by atoms with Crippen LogP contribution in [0.1, 0.15) is 12.5 Å². The second-order valence-corrected chi connectivity index (χ2v) is 4.66. The Bertz CT molecular complexity index is 540. The summed E-state index contributed by atoms with van der Waals surface area (Å²) in [5.41, 5.74) is 1.13. The maximum absolute atomic E-state index is 5.49. The lowest BCUT2D eigenvalue weighted by molar-refractivity contribution is 0.173. The fourth-order valence-electron chi connectivity index (χ4n) is 2.17. The number of nitrogens with zero attached hydrogens (tertiary/aromatic N) is 2. The van der Waals surface area contributed by atoms with E-state index >= 15 is 0 Å². The molecule has 0 spiro atoms. The van der Waals surface area contributed by atoms with Gasteiger partial charge in [-0.3, -0.25) is 4.68 Å². The van der Waals surface area contributed by atoms with Crippen LogP contribution in [-0.2, 0) is 13.1 Å². The molecule has 1 aliphatic rings. The third kappa shape index (κ3) is 2.71. The Labute approximate surface area is 112 Å². The molecule has 1 atom stereocenters. The lowest BCUT2D eigenvalue weighted by Gasteiger charge is -2.14. The molecule has 2 aromatic rings. The first-order valence-electron chi connectivity index (χ1n) is 6.41. The van der Waals surface area contributed by atoms with Crippen LogP contribution in [0.5, 0.6) is 11.5 Å². The molecule has 0 radical (unpaired) electrons. The van der Waals surface area contributed by atoms with Crippen molar-refractivity contribution in [2.24, 2.45) is 0 Å². The fourth-order valence-corrected chi connectivity index (χ4v) is 2.17. The first kappa shape index (κ1) is 12.0. The third-order valence-corrected chi connectivity index (χ3v) is 3.14. The van der Waals surface area contributed by atoms with Crippen molar-refractivity contribution in [3.63, 3.8) is 0 Å². The van der Waals surface area contributed by atoms with Gasteiger partial charge in [-0.1, -0.05) is 12.1 Å². The number of nitrogens with one attached hydrogen (secondary N) is 1. The minimum atomic E-state index is 0.315. The van der Waals surface area contributed by atoms with Crippen molar-refractivity contribution in [3.05, 3.63) is 42.2 Å². The van der Waals surface area contributed by atoms with Crippen molar-refractivity contribution in [3.8, 4) is 11.5 Å². The first-order chi connectivity index (χ1) is 9.33. The molecule has 3 rings (SSSR count). The summed E-state index contributed by atoms with van der Waals surface area (Å²) in [6.45, 7) is 4.06. The Morgan fingerprint density at radius 2 is 2.32 bits per heavy atom. The van der Waals surface area contributed by atoms with E-state index in [-0.39, 0.29) is 0 Å². The van der Waals surface area contributed by atoms with Gasteiger partial charge in [-0.05, 0) is 19.1 Å². The summed E-state index contributed by atoms with van der Waals surface area (Å²) in [7, 11) is 0. The van der Waals surface area contributed by atoms with Crippen LogP contribution >= 0.6 is 0 Å². The number of aromatic nitrogens is 2. The molecule has 5 heteroatoms. The number of hydrogen-bond acceptors (Lipinski definition) is 4. The molecule has 0 fully saturated rings. The Balaban J connectivity index is 1.59. The molecule has 5 nitrogen and oxygen atoms in total. The largest absolute Gasteiger partial charge is 0.454 e. The van der Waals surface area contributed by atoms with E-state index in [0.717, 1.165) is 30.2 Å². The van der Waals surface area contributed by atoms with Gasteiger partial charge in [0.15, 0.2) is 11.5 Å². The van der Waals surface area contributed by atoms with Gasteiger partial charge >= 0.3 is 0 Å². The highest BCUT2D eigenvalue weighted by Gasteiger charge is 2.17. The summed E-state index contributed by atoms with van der Waals surface area (Å²) in [4.78, 5) is 0. The van der Waals surface area contributed by atoms with Crippen molar-refractivity contribution in [1.29, 1.82) is 0 Å². The highest BCUT2D eigenvalue weighted by atomic mass is 16.7. The molecule has 1 N–H and O–H groups in total. The smallest absolute Gasteiger partial charge is 0.231 e. The average Bonchev–Trinajstić information content (AvgIpc) is 3.06. The van der Waals surface area contributed by atoms with Crippen LogP contribution in [-0.4, -0.2) is 22.6 Å². The van der Waals surface area contributed by atoms with Crippen molar-refractivity contribution in [2.75, 3.05) is 6.79 Å². The topological polar surface area (TPSA) is 48.3 Å². The Hall–Kier alpha value is -2.01. The monoisotopic (exact) mass is 259 g/mol. The quantitative estimate of drug-likeness (QED) is 0.889. The normalized spacial score (nSPS) is 14.6. The molecule has 0 amide bonds. The molecule has 1 aromatic carbocycles. The van der Waals surface area contributed by atoms with Gasteiger partial charge in [0.25, 0.3) is 0 Å². The van der Waals surface area contributed by atoms with Crippen LogP contribution in [0.3, 0.4) is 0 Å². The summed E-state index contributed by atoms with van der Waals surface area (Å²) in [5.74, 6) is 1.69. The van der Waals surface area contributed by atoms with E-state index in [4.69, 9.17) is 9.47 Å². The molecular weight excluding hydrogens is 242 g/mol. The summed E-state index contributed by atoms with van der Waals surface area (Å²) < 4.78 is 12.8. The summed E-state index contributed by atoms with van der Waals surface area (Å²) >= 11 is 0. The van der Waals surface area contributed by atoms with Crippen LogP contribution in [0.15, 0.2) is 36.7 Å². The molecule has 1 aliphatic heterocycles. The lowest BCUT2D eigenvalue weighted by atomic mass is 10.1. The van der Waals surface area contributed by atoms with E-state index < -0.39 is 0 Å². The van der Waals surface area contributed by atoms with Crippen LogP contribution in [0.25, 0.3) is 0 Å². The van der Waals surface area contributed by atoms with Crippen molar-refractivity contribution >= 4 is 0 Å². The SMILES string of the molecule is CC(Cn1cccn1)NCc1cccc2c1OCO2. The van der Waals surface area contributed by atoms with E-state index in [1.54, 1.807) is 6.20 Å². The Morgan fingerprint density at radius 3 is 3.16 bits per heavy atom. The van der Waals surface area contributed by atoms with Crippen molar-refractivity contribution < 1.29 is 9.47 Å². The Kier molecular flexibility index (Phi) is 3.37. The number of rotatable bonds is 5. The highest BCUT2D eigenvalue weighted by Crippen LogP contribution is 2.35. The number of hydrogen-bond donors (Lipinski definition) is 1. The van der Waals surface area contributed by atoms with Gasteiger partial charge in [0.1, 0.15) is 0 Å². The van der Waals surface area contributed by atoms with Gasteiger partial charge in [0, 0.05) is 30.5 Å². The molecule has 0 bridgehead atoms. The molecule has 2 heterocycles. The predicted molar refractivity (Wildman–Crippen MR) is 71.1 cm³/mol. The number of benzene rings is 1. The standard InChI is InChI=1S/C14H17N3O2/c1-11(9-17-7-3-6-16-17)15-8-12-4-2-5-13-14(12)19-10-18-13/h2-7,11,15H,8-10H2,1H3. The number of ether oxygens (including phenoxy) is 2. The molecule has 0 saturated carbocycles. The van der Waals surface area contributed by atoms with Gasteiger partial charge in [-0.15, -0.1) is 0 Å². The van der Waals surface area contributed by atoms with E-state index in [9.17, 15) is 0 Å². The van der Waals surface area contributed by atoms with Crippen LogP contribution in [0.2, 0.25) is 0 Å². The average molecular weight is 259 g/mol. The minimum Gasteiger partial charge on any atom is -0.454 e. The number of para-hydroxylation sites is 1. The zero-order valence-corrected chi connectivity index (χ0v) is 10.9. The van der Waals surface area contributed by atoms with Gasteiger partial charge < -0.3 is 14.8 Å².